The number of anilines is 1. The number of hydrogen-bond acceptors (Lipinski definition) is 6. The number of nitrogens with two attached hydrogens (primary N) is 1. The van der Waals surface area contributed by atoms with E-state index in [0.29, 0.717) is 16.5 Å². The van der Waals surface area contributed by atoms with Gasteiger partial charge in [0.15, 0.2) is 5.75 Å². The van der Waals surface area contributed by atoms with Crippen molar-refractivity contribution in [1.82, 2.24) is 0 Å². The number of nitrogens with zero attached hydrogens (tertiary/aromatic N) is 1. The van der Waals surface area contributed by atoms with Gasteiger partial charge in [0.05, 0.1) is 12.1 Å². The van der Waals surface area contributed by atoms with Crippen LogP contribution in [-0.4, -0.2) is 21.5 Å². The molecular formula is C14H12ClN3O4S. The van der Waals surface area contributed by atoms with Crippen LogP contribution >= 0.6 is 11.6 Å². The zero-order valence-electron chi connectivity index (χ0n) is 11.9. The largest absolute Gasteiger partial charge is 0.497 e. The molecule has 23 heavy (non-hydrogen) atoms. The lowest BCUT2D eigenvalue weighted by Crippen LogP contribution is -2.29. The molecule has 1 aliphatic rings. The van der Waals surface area contributed by atoms with Crippen LogP contribution in [0.25, 0.3) is 0 Å². The number of rotatable bonds is 3. The summed E-state index contributed by atoms with van der Waals surface area (Å²) >= 11 is 6.07. The summed E-state index contributed by atoms with van der Waals surface area (Å²) < 4.78 is 38.6. The molecule has 1 aliphatic heterocycles. The van der Waals surface area contributed by atoms with Gasteiger partial charge in [0, 0.05) is 12.1 Å². The normalized spacial score (nSPS) is 15.1. The summed E-state index contributed by atoms with van der Waals surface area (Å²) in [6, 6.07) is 9.68. The first-order chi connectivity index (χ1) is 10.9. The number of para-hydroxylation sites is 1. The van der Waals surface area contributed by atoms with Crippen LogP contribution in [-0.2, 0) is 10.0 Å². The van der Waals surface area contributed by atoms with Crippen LogP contribution in [0.2, 0.25) is 5.02 Å². The van der Waals surface area contributed by atoms with E-state index in [1.54, 1.807) is 24.3 Å². The first-order valence-corrected chi connectivity index (χ1v) is 8.24. The van der Waals surface area contributed by atoms with Crippen LogP contribution in [0.1, 0.15) is 0 Å². The fourth-order valence-corrected chi connectivity index (χ4v) is 3.32. The zero-order chi connectivity index (χ0) is 16.6. The number of methoxy groups -OCH3 is 1. The van der Waals surface area contributed by atoms with Gasteiger partial charge in [-0.25, -0.2) is 0 Å². The molecule has 0 saturated heterocycles. The van der Waals surface area contributed by atoms with Crippen molar-refractivity contribution in [2.24, 2.45) is 10.1 Å². The van der Waals surface area contributed by atoms with Crippen molar-refractivity contribution in [2.75, 3.05) is 12.4 Å². The van der Waals surface area contributed by atoms with E-state index < -0.39 is 10.0 Å². The SMILES string of the molecule is COc1cc(Oc2ccccc2Cl)c2c(c1)S(=O)(=O)N=C(N)N2. The second kappa shape index (κ2) is 5.64. The van der Waals surface area contributed by atoms with Gasteiger partial charge in [-0.3, -0.25) is 0 Å². The fourth-order valence-electron chi connectivity index (χ4n) is 2.07. The Kier molecular flexibility index (Phi) is 3.78. The molecular weight excluding hydrogens is 342 g/mol. The Morgan fingerprint density at radius 1 is 1.22 bits per heavy atom. The molecule has 0 bridgehead atoms. The molecule has 0 amide bonds. The number of halogens is 1. The molecule has 2 aromatic rings. The van der Waals surface area contributed by atoms with Gasteiger partial charge in [0.2, 0.25) is 5.96 Å². The van der Waals surface area contributed by atoms with Crippen molar-refractivity contribution < 1.29 is 17.9 Å². The maximum absolute atomic E-state index is 12.2. The summed E-state index contributed by atoms with van der Waals surface area (Å²) in [5, 5.41) is 3.08. The van der Waals surface area contributed by atoms with Crippen molar-refractivity contribution in [3.8, 4) is 17.2 Å². The highest BCUT2D eigenvalue weighted by molar-refractivity contribution is 7.90. The number of nitrogens with one attached hydrogen (secondary N) is 1. The number of fused-ring (bicyclic) bond motifs is 1. The number of hydrogen-bond donors (Lipinski definition) is 2. The summed E-state index contributed by atoms with van der Waals surface area (Å²) in [7, 11) is -2.52. The molecule has 1 heterocycles. The second-order valence-electron chi connectivity index (χ2n) is 4.61. The van der Waals surface area contributed by atoms with E-state index in [4.69, 9.17) is 26.8 Å². The first kappa shape index (κ1) is 15.4. The average Bonchev–Trinajstić information content (AvgIpc) is 2.49. The van der Waals surface area contributed by atoms with Crippen molar-refractivity contribution >= 4 is 33.3 Å². The highest BCUT2D eigenvalue weighted by atomic mass is 35.5. The highest BCUT2D eigenvalue weighted by Gasteiger charge is 2.28. The maximum Gasteiger partial charge on any atom is 0.287 e. The molecule has 9 heteroatoms. The predicted octanol–water partition coefficient (Wildman–Crippen LogP) is 2.57. The lowest BCUT2D eigenvalue weighted by molar-refractivity contribution is 0.407. The molecule has 0 unspecified atom stereocenters. The van der Waals surface area contributed by atoms with Gasteiger partial charge in [0.1, 0.15) is 22.1 Å². The number of sulfonamides is 1. The molecule has 0 radical (unpaired) electrons. The molecule has 0 fully saturated rings. The van der Waals surface area contributed by atoms with Crippen LogP contribution in [0.5, 0.6) is 17.2 Å². The van der Waals surface area contributed by atoms with E-state index in [2.05, 4.69) is 9.71 Å². The van der Waals surface area contributed by atoms with E-state index in [-0.39, 0.29) is 22.3 Å². The minimum absolute atomic E-state index is 0.0897. The number of guanidine groups is 1. The summed E-state index contributed by atoms with van der Waals surface area (Å²) in [6.07, 6.45) is 0. The summed E-state index contributed by atoms with van der Waals surface area (Å²) in [4.78, 5) is -0.0897. The molecule has 0 aromatic heterocycles. The molecule has 3 N–H and O–H groups in total. The Morgan fingerprint density at radius 2 is 1.96 bits per heavy atom. The standard InChI is InChI=1S/C14H12ClN3O4S/c1-21-8-6-11(22-10-5-3-2-4-9(10)15)13-12(7-8)23(19,20)18-14(16)17-13/h2-7H,1H3,(H3,16,17,18). The molecule has 0 aliphatic carbocycles. The highest BCUT2D eigenvalue weighted by Crippen LogP contribution is 2.42. The van der Waals surface area contributed by atoms with Crippen molar-refractivity contribution in [1.29, 1.82) is 0 Å². The lowest BCUT2D eigenvalue weighted by Gasteiger charge is -2.20. The minimum atomic E-state index is -3.94. The second-order valence-corrected chi connectivity index (χ2v) is 6.59. The van der Waals surface area contributed by atoms with E-state index in [1.807, 2.05) is 0 Å². The summed E-state index contributed by atoms with van der Waals surface area (Å²) in [5.74, 6) is 0.623. The first-order valence-electron chi connectivity index (χ1n) is 6.42. The Bertz CT molecular complexity index is 912. The number of ether oxygens (including phenoxy) is 2. The van der Waals surface area contributed by atoms with Gasteiger partial charge in [0.25, 0.3) is 10.0 Å². The fraction of sp³-hybridized carbons (Fsp3) is 0.0714. The maximum atomic E-state index is 12.2. The van der Waals surface area contributed by atoms with Crippen LogP contribution in [0.3, 0.4) is 0 Å². The third-order valence-electron chi connectivity index (χ3n) is 3.08. The average molecular weight is 354 g/mol. The van der Waals surface area contributed by atoms with Gasteiger partial charge >= 0.3 is 0 Å². The zero-order valence-corrected chi connectivity index (χ0v) is 13.5. The molecule has 120 valence electrons. The minimum Gasteiger partial charge on any atom is -0.497 e. The van der Waals surface area contributed by atoms with Crippen LogP contribution < -0.4 is 20.5 Å². The van der Waals surface area contributed by atoms with Gasteiger partial charge in [-0.2, -0.15) is 8.42 Å². The molecule has 2 aromatic carbocycles. The van der Waals surface area contributed by atoms with E-state index in [0.717, 1.165) is 0 Å². The van der Waals surface area contributed by atoms with E-state index in [9.17, 15) is 8.42 Å². The third-order valence-corrected chi connectivity index (χ3v) is 4.71. The van der Waals surface area contributed by atoms with Crippen molar-refractivity contribution in [3.63, 3.8) is 0 Å². The van der Waals surface area contributed by atoms with Gasteiger partial charge in [-0.15, -0.1) is 4.40 Å². The Hall–Kier alpha value is -2.45. The Balaban J connectivity index is 2.17. The van der Waals surface area contributed by atoms with Gasteiger partial charge < -0.3 is 20.5 Å². The van der Waals surface area contributed by atoms with Crippen LogP contribution in [0.4, 0.5) is 5.69 Å². The third kappa shape index (κ3) is 2.90. The van der Waals surface area contributed by atoms with Gasteiger partial charge in [-0.05, 0) is 12.1 Å². The molecule has 7 nitrogen and oxygen atoms in total. The molecule has 0 spiro atoms. The van der Waals surface area contributed by atoms with E-state index >= 15 is 0 Å². The van der Waals surface area contributed by atoms with Gasteiger partial charge in [-0.1, -0.05) is 23.7 Å². The quantitative estimate of drug-likeness (QED) is 0.879. The summed E-state index contributed by atoms with van der Waals surface area (Å²) in [6.45, 7) is 0. The molecule has 0 atom stereocenters. The van der Waals surface area contributed by atoms with Crippen molar-refractivity contribution in [2.45, 2.75) is 4.90 Å². The topological polar surface area (TPSA) is 103 Å². The molecule has 0 saturated carbocycles. The van der Waals surface area contributed by atoms with E-state index in [1.165, 1.54) is 19.2 Å². The Labute approximate surface area is 137 Å². The Morgan fingerprint density at radius 3 is 2.65 bits per heavy atom. The number of benzene rings is 2. The van der Waals surface area contributed by atoms with Crippen LogP contribution in [0, 0.1) is 0 Å². The monoisotopic (exact) mass is 353 g/mol. The summed E-state index contributed by atoms with van der Waals surface area (Å²) in [5.41, 5.74) is 5.71. The predicted molar refractivity (Wildman–Crippen MR) is 87.0 cm³/mol. The van der Waals surface area contributed by atoms with Crippen LogP contribution in [0.15, 0.2) is 45.7 Å². The lowest BCUT2D eigenvalue weighted by atomic mass is 10.2. The molecule has 3 rings (SSSR count). The van der Waals surface area contributed by atoms with Crippen molar-refractivity contribution in [3.05, 3.63) is 41.4 Å². The smallest absolute Gasteiger partial charge is 0.287 e.